The molecular formula is C37H29N3O. The molecule has 0 bridgehead atoms. The van der Waals surface area contributed by atoms with E-state index in [2.05, 4.69) is 131 Å². The van der Waals surface area contributed by atoms with Crippen LogP contribution in [0, 0.1) is 4.91 Å². The van der Waals surface area contributed by atoms with Crippen molar-refractivity contribution in [1.29, 1.82) is 0 Å². The molecule has 0 aliphatic rings. The minimum atomic E-state index is 0.419. The van der Waals surface area contributed by atoms with E-state index in [9.17, 15) is 4.91 Å². The number of rotatable bonds is 8. The zero-order valence-electron chi connectivity index (χ0n) is 22.8. The van der Waals surface area contributed by atoms with E-state index in [4.69, 9.17) is 0 Å². The molecule has 0 heterocycles. The summed E-state index contributed by atoms with van der Waals surface area (Å²) in [5.41, 5.74) is 10.3. The SMILES string of the molecule is CN(c1ccc(-c2ccc(N(c3ccccc3)c3cccc(-c4ccccc4)c3)cc2)cc1)c1cccc(N=O)c1. The molecule has 0 spiro atoms. The van der Waals surface area contributed by atoms with Gasteiger partial charge < -0.3 is 9.80 Å². The first-order chi connectivity index (χ1) is 20.2. The van der Waals surface area contributed by atoms with Crippen LogP contribution in [0.2, 0.25) is 0 Å². The first-order valence-electron chi connectivity index (χ1n) is 13.6. The minimum Gasteiger partial charge on any atom is -0.345 e. The molecule has 6 rings (SSSR count). The first-order valence-corrected chi connectivity index (χ1v) is 13.6. The maximum Gasteiger partial charge on any atom is 0.110 e. The summed E-state index contributed by atoms with van der Waals surface area (Å²) in [6.07, 6.45) is 0. The minimum absolute atomic E-state index is 0.419. The van der Waals surface area contributed by atoms with Crippen molar-refractivity contribution in [3.8, 4) is 22.3 Å². The van der Waals surface area contributed by atoms with Crippen LogP contribution < -0.4 is 9.80 Å². The molecule has 41 heavy (non-hydrogen) atoms. The summed E-state index contributed by atoms with van der Waals surface area (Å²) >= 11 is 0. The van der Waals surface area contributed by atoms with Crippen LogP contribution in [0.5, 0.6) is 0 Å². The van der Waals surface area contributed by atoms with Gasteiger partial charge in [0.1, 0.15) is 5.69 Å². The Bertz CT molecular complexity index is 1750. The van der Waals surface area contributed by atoms with Gasteiger partial charge in [0.15, 0.2) is 0 Å². The molecule has 198 valence electrons. The Balaban J connectivity index is 1.29. The Morgan fingerprint density at radius 3 is 1.56 bits per heavy atom. The van der Waals surface area contributed by atoms with E-state index in [1.165, 1.54) is 11.1 Å². The lowest BCUT2D eigenvalue weighted by molar-refractivity contribution is 1.21. The summed E-state index contributed by atoms with van der Waals surface area (Å²) in [4.78, 5) is 15.3. The highest BCUT2D eigenvalue weighted by Gasteiger charge is 2.14. The molecule has 0 amide bonds. The third-order valence-corrected chi connectivity index (χ3v) is 7.26. The summed E-state index contributed by atoms with van der Waals surface area (Å²) in [6.45, 7) is 0. The van der Waals surface area contributed by atoms with Crippen LogP contribution in [-0.4, -0.2) is 7.05 Å². The summed E-state index contributed by atoms with van der Waals surface area (Å²) < 4.78 is 0. The number of anilines is 5. The van der Waals surface area contributed by atoms with Crippen molar-refractivity contribution < 1.29 is 0 Å². The molecule has 0 unspecified atom stereocenters. The predicted molar refractivity (Wildman–Crippen MR) is 172 cm³/mol. The van der Waals surface area contributed by atoms with E-state index in [1.54, 1.807) is 12.1 Å². The molecule has 6 aromatic rings. The van der Waals surface area contributed by atoms with E-state index < -0.39 is 0 Å². The summed E-state index contributed by atoms with van der Waals surface area (Å²) in [7, 11) is 1.98. The zero-order chi connectivity index (χ0) is 28.0. The van der Waals surface area contributed by atoms with Gasteiger partial charge in [-0.15, -0.1) is 4.91 Å². The fraction of sp³-hybridized carbons (Fsp3) is 0.0270. The summed E-state index contributed by atoms with van der Waals surface area (Å²) in [5.74, 6) is 0. The van der Waals surface area contributed by atoms with Gasteiger partial charge in [-0.3, -0.25) is 0 Å². The molecule has 0 saturated heterocycles. The van der Waals surface area contributed by atoms with Crippen molar-refractivity contribution in [3.63, 3.8) is 0 Å². The van der Waals surface area contributed by atoms with Crippen LogP contribution in [0.3, 0.4) is 0 Å². The third kappa shape index (κ3) is 5.63. The Labute approximate surface area is 240 Å². The van der Waals surface area contributed by atoms with Crippen molar-refractivity contribution in [2.75, 3.05) is 16.8 Å². The quantitative estimate of drug-likeness (QED) is 0.183. The van der Waals surface area contributed by atoms with E-state index in [-0.39, 0.29) is 0 Å². The number of para-hydroxylation sites is 1. The Kier molecular flexibility index (Phi) is 7.37. The highest BCUT2D eigenvalue weighted by atomic mass is 16.3. The lowest BCUT2D eigenvalue weighted by atomic mass is 10.0. The molecule has 0 radical (unpaired) electrons. The molecule has 0 saturated carbocycles. The largest absolute Gasteiger partial charge is 0.345 e. The van der Waals surface area contributed by atoms with Gasteiger partial charge in [0.05, 0.1) is 0 Å². The van der Waals surface area contributed by atoms with Gasteiger partial charge in [0, 0.05) is 35.5 Å². The van der Waals surface area contributed by atoms with Gasteiger partial charge in [-0.1, -0.05) is 91.0 Å². The van der Waals surface area contributed by atoms with Crippen LogP contribution >= 0.6 is 0 Å². The lowest BCUT2D eigenvalue weighted by Crippen LogP contribution is -2.09. The lowest BCUT2D eigenvalue weighted by Gasteiger charge is -2.26. The van der Waals surface area contributed by atoms with E-state index >= 15 is 0 Å². The molecule has 0 fully saturated rings. The average molecular weight is 532 g/mol. The average Bonchev–Trinajstić information content (AvgIpc) is 3.06. The van der Waals surface area contributed by atoms with Crippen molar-refractivity contribution in [1.82, 2.24) is 0 Å². The van der Waals surface area contributed by atoms with Gasteiger partial charge in [0.2, 0.25) is 0 Å². The number of benzene rings is 6. The van der Waals surface area contributed by atoms with Gasteiger partial charge in [-0.05, 0) is 94.2 Å². The van der Waals surface area contributed by atoms with Crippen molar-refractivity contribution in [2.45, 2.75) is 0 Å². The maximum atomic E-state index is 10.9. The van der Waals surface area contributed by atoms with Gasteiger partial charge in [0.25, 0.3) is 0 Å². The van der Waals surface area contributed by atoms with Gasteiger partial charge >= 0.3 is 0 Å². The number of nitrogens with zero attached hydrogens (tertiary/aromatic N) is 3. The smallest absolute Gasteiger partial charge is 0.110 e. The predicted octanol–water partition coefficient (Wildman–Crippen LogP) is 10.7. The second kappa shape index (κ2) is 11.7. The Morgan fingerprint density at radius 1 is 0.415 bits per heavy atom. The Hall–Kier alpha value is -5.48. The van der Waals surface area contributed by atoms with Crippen LogP contribution in [-0.2, 0) is 0 Å². The van der Waals surface area contributed by atoms with Crippen molar-refractivity contribution in [3.05, 3.63) is 163 Å². The number of hydrogen-bond acceptors (Lipinski definition) is 4. The van der Waals surface area contributed by atoms with E-state index in [1.807, 2.05) is 36.2 Å². The van der Waals surface area contributed by atoms with Crippen molar-refractivity contribution in [2.24, 2.45) is 5.18 Å². The Morgan fingerprint density at radius 2 is 0.902 bits per heavy atom. The maximum absolute atomic E-state index is 10.9. The zero-order valence-corrected chi connectivity index (χ0v) is 22.8. The second-order valence-electron chi connectivity index (χ2n) is 9.85. The van der Waals surface area contributed by atoms with Gasteiger partial charge in [-0.2, -0.15) is 0 Å². The standard InChI is InChI=1S/C37H29N3O/c1-39(36-16-9-13-32(27-36)38-41)33-22-18-29(19-23-33)30-20-24-35(25-21-30)40(34-14-6-3-7-15-34)37-17-8-12-31(26-37)28-10-4-2-5-11-28/h2-27H,1H3. The van der Waals surface area contributed by atoms with Crippen molar-refractivity contribution >= 4 is 34.1 Å². The summed E-state index contributed by atoms with van der Waals surface area (Å²) in [6, 6.07) is 54.0. The fourth-order valence-electron chi connectivity index (χ4n) is 5.07. The molecule has 0 atom stereocenters. The molecule has 4 nitrogen and oxygen atoms in total. The molecule has 0 N–H and O–H groups in total. The second-order valence-corrected chi connectivity index (χ2v) is 9.85. The molecule has 0 aliphatic heterocycles. The highest BCUT2D eigenvalue weighted by Crippen LogP contribution is 2.37. The number of nitroso groups, excluding NO2 is 1. The van der Waals surface area contributed by atoms with Gasteiger partial charge in [-0.25, -0.2) is 0 Å². The van der Waals surface area contributed by atoms with E-state index in [0.717, 1.165) is 39.6 Å². The molecule has 0 aliphatic carbocycles. The van der Waals surface area contributed by atoms with Crippen LogP contribution in [0.25, 0.3) is 22.3 Å². The number of hydrogen-bond donors (Lipinski definition) is 0. The van der Waals surface area contributed by atoms with Crippen LogP contribution in [0.15, 0.2) is 163 Å². The monoisotopic (exact) mass is 531 g/mol. The summed E-state index contributed by atoms with van der Waals surface area (Å²) in [5, 5.41) is 3.06. The first kappa shape index (κ1) is 25.8. The normalized spacial score (nSPS) is 10.7. The molecular weight excluding hydrogens is 502 g/mol. The highest BCUT2D eigenvalue weighted by molar-refractivity contribution is 5.81. The topological polar surface area (TPSA) is 35.9 Å². The molecule has 6 aromatic carbocycles. The fourth-order valence-corrected chi connectivity index (χ4v) is 5.07. The molecule has 4 heteroatoms. The van der Waals surface area contributed by atoms with Crippen LogP contribution in [0.1, 0.15) is 0 Å². The van der Waals surface area contributed by atoms with E-state index in [0.29, 0.717) is 5.69 Å². The third-order valence-electron chi connectivity index (χ3n) is 7.26. The molecule has 0 aromatic heterocycles. The van der Waals surface area contributed by atoms with Crippen LogP contribution in [0.4, 0.5) is 34.1 Å².